The maximum atomic E-state index is 6.10. The number of benzene rings is 1. The molecule has 1 aromatic carbocycles. The van der Waals surface area contributed by atoms with Crippen molar-refractivity contribution in [1.82, 2.24) is 9.80 Å². The zero-order valence-corrected chi connectivity index (χ0v) is 13.3. The van der Waals surface area contributed by atoms with Crippen molar-refractivity contribution in [1.29, 1.82) is 0 Å². The molecule has 2 saturated heterocycles. The van der Waals surface area contributed by atoms with Crippen molar-refractivity contribution in [2.45, 2.75) is 44.7 Å². The van der Waals surface area contributed by atoms with Crippen LogP contribution in [0.25, 0.3) is 0 Å². The second kappa shape index (κ2) is 6.91. The van der Waals surface area contributed by atoms with Gasteiger partial charge >= 0.3 is 0 Å². The van der Waals surface area contributed by atoms with Gasteiger partial charge in [-0.1, -0.05) is 36.2 Å². The Morgan fingerprint density at radius 2 is 2.00 bits per heavy atom. The van der Waals surface area contributed by atoms with Crippen molar-refractivity contribution in [3.05, 3.63) is 35.4 Å². The molecule has 2 aliphatic rings. The third-order valence-electron chi connectivity index (χ3n) is 5.19. The molecule has 0 aliphatic carbocycles. The highest BCUT2D eigenvalue weighted by Crippen LogP contribution is 2.28. The van der Waals surface area contributed by atoms with Crippen LogP contribution in [0.15, 0.2) is 24.3 Å². The van der Waals surface area contributed by atoms with Crippen LogP contribution in [-0.4, -0.2) is 48.6 Å². The minimum atomic E-state index is 0.389. The van der Waals surface area contributed by atoms with Crippen LogP contribution >= 0.6 is 0 Å². The van der Waals surface area contributed by atoms with Gasteiger partial charge < -0.3 is 5.73 Å². The quantitative estimate of drug-likeness (QED) is 0.924. The van der Waals surface area contributed by atoms with Crippen molar-refractivity contribution in [2.24, 2.45) is 5.73 Å². The molecule has 2 fully saturated rings. The molecule has 2 atom stereocenters. The van der Waals surface area contributed by atoms with Gasteiger partial charge in [-0.25, -0.2) is 0 Å². The van der Waals surface area contributed by atoms with Crippen LogP contribution in [0.4, 0.5) is 0 Å². The topological polar surface area (TPSA) is 32.5 Å². The zero-order valence-electron chi connectivity index (χ0n) is 13.3. The first-order valence-electron chi connectivity index (χ1n) is 8.52. The molecule has 2 unspecified atom stereocenters. The Kier molecular flexibility index (Phi) is 4.94. The minimum absolute atomic E-state index is 0.389. The SMILES string of the molecule is Cc1cccc(C(CN)N2CCC(N3CCCCC3)C2)c1. The van der Waals surface area contributed by atoms with E-state index in [0.717, 1.165) is 12.6 Å². The fourth-order valence-electron chi connectivity index (χ4n) is 4.01. The molecule has 2 aliphatic heterocycles. The van der Waals surface area contributed by atoms with Gasteiger partial charge in [-0.3, -0.25) is 9.80 Å². The van der Waals surface area contributed by atoms with Crippen molar-refractivity contribution >= 4 is 0 Å². The van der Waals surface area contributed by atoms with E-state index in [1.807, 2.05) is 0 Å². The van der Waals surface area contributed by atoms with E-state index in [1.54, 1.807) is 0 Å². The average Bonchev–Trinajstić information content (AvgIpc) is 2.99. The molecular weight excluding hydrogens is 258 g/mol. The largest absolute Gasteiger partial charge is 0.329 e. The lowest BCUT2D eigenvalue weighted by molar-refractivity contribution is 0.153. The van der Waals surface area contributed by atoms with Gasteiger partial charge in [0.25, 0.3) is 0 Å². The number of aryl methyl sites for hydroxylation is 1. The Morgan fingerprint density at radius 3 is 2.71 bits per heavy atom. The average molecular weight is 287 g/mol. The maximum Gasteiger partial charge on any atom is 0.0471 e. The first kappa shape index (κ1) is 15.0. The first-order valence-corrected chi connectivity index (χ1v) is 8.52. The maximum absolute atomic E-state index is 6.10. The van der Waals surface area contributed by atoms with E-state index in [2.05, 4.69) is 41.0 Å². The van der Waals surface area contributed by atoms with Crippen LogP contribution in [0, 0.1) is 6.92 Å². The van der Waals surface area contributed by atoms with E-state index in [-0.39, 0.29) is 0 Å². The van der Waals surface area contributed by atoms with Gasteiger partial charge in [0.1, 0.15) is 0 Å². The Balaban J connectivity index is 1.65. The molecule has 0 bridgehead atoms. The summed E-state index contributed by atoms with van der Waals surface area (Å²) in [7, 11) is 0. The molecule has 0 aromatic heterocycles. The molecule has 0 radical (unpaired) electrons. The van der Waals surface area contributed by atoms with Crippen LogP contribution in [0.1, 0.15) is 42.9 Å². The highest BCUT2D eigenvalue weighted by atomic mass is 15.3. The van der Waals surface area contributed by atoms with Crippen molar-refractivity contribution in [3.8, 4) is 0 Å². The first-order chi connectivity index (χ1) is 10.3. The van der Waals surface area contributed by atoms with E-state index < -0.39 is 0 Å². The lowest BCUT2D eigenvalue weighted by Crippen LogP contribution is -2.42. The molecule has 0 amide bonds. The Morgan fingerprint density at radius 1 is 1.19 bits per heavy atom. The summed E-state index contributed by atoms with van der Waals surface area (Å²) in [5.41, 5.74) is 8.82. The summed E-state index contributed by atoms with van der Waals surface area (Å²) in [5, 5.41) is 0. The summed E-state index contributed by atoms with van der Waals surface area (Å²) in [6, 6.07) is 10.00. The summed E-state index contributed by atoms with van der Waals surface area (Å²) < 4.78 is 0. The summed E-state index contributed by atoms with van der Waals surface area (Å²) in [4.78, 5) is 5.32. The van der Waals surface area contributed by atoms with Crippen LogP contribution in [0.2, 0.25) is 0 Å². The third kappa shape index (κ3) is 3.47. The highest BCUT2D eigenvalue weighted by molar-refractivity contribution is 5.25. The number of nitrogens with two attached hydrogens (primary N) is 1. The fraction of sp³-hybridized carbons (Fsp3) is 0.667. The van der Waals surface area contributed by atoms with Crippen LogP contribution in [0.3, 0.4) is 0 Å². The Bertz CT molecular complexity index is 454. The normalized spacial score (nSPS) is 26.1. The third-order valence-corrected chi connectivity index (χ3v) is 5.19. The molecule has 3 rings (SSSR count). The lowest BCUT2D eigenvalue weighted by Gasteiger charge is -2.33. The molecule has 116 valence electrons. The summed E-state index contributed by atoms with van der Waals surface area (Å²) >= 11 is 0. The van der Waals surface area contributed by atoms with E-state index in [1.165, 1.54) is 63.0 Å². The number of hydrogen-bond donors (Lipinski definition) is 1. The predicted molar refractivity (Wildman–Crippen MR) is 88.4 cm³/mol. The highest BCUT2D eigenvalue weighted by Gasteiger charge is 2.32. The molecule has 0 saturated carbocycles. The van der Waals surface area contributed by atoms with E-state index >= 15 is 0 Å². The number of nitrogens with zero attached hydrogens (tertiary/aromatic N) is 2. The van der Waals surface area contributed by atoms with E-state index in [9.17, 15) is 0 Å². The summed E-state index contributed by atoms with van der Waals surface area (Å²) in [5.74, 6) is 0. The second-order valence-corrected chi connectivity index (χ2v) is 6.70. The molecule has 3 heteroatoms. The standard InChI is InChI=1S/C18H29N3/c1-15-6-5-7-16(12-15)18(13-19)21-11-8-17(14-21)20-9-3-2-4-10-20/h5-7,12,17-18H,2-4,8-11,13-14,19H2,1H3. The smallest absolute Gasteiger partial charge is 0.0471 e. The number of hydrogen-bond acceptors (Lipinski definition) is 3. The Hall–Kier alpha value is -0.900. The number of piperidine rings is 1. The van der Waals surface area contributed by atoms with Crippen molar-refractivity contribution < 1.29 is 0 Å². The van der Waals surface area contributed by atoms with E-state index in [0.29, 0.717) is 6.04 Å². The van der Waals surface area contributed by atoms with Gasteiger partial charge in [0.15, 0.2) is 0 Å². The zero-order chi connectivity index (χ0) is 14.7. The molecule has 21 heavy (non-hydrogen) atoms. The molecule has 1 aromatic rings. The van der Waals surface area contributed by atoms with Crippen LogP contribution in [0.5, 0.6) is 0 Å². The van der Waals surface area contributed by atoms with Gasteiger partial charge in [0, 0.05) is 31.7 Å². The molecule has 2 N–H and O–H groups in total. The monoisotopic (exact) mass is 287 g/mol. The summed E-state index contributed by atoms with van der Waals surface area (Å²) in [6.45, 7) is 7.87. The summed E-state index contributed by atoms with van der Waals surface area (Å²) in [6.07, 6.45) is 5.49. The molecule has 3 nitrogen and oxygen atoms in total. The van der Waals surface area contributed by atoms with Gasteiger partial charge in [0.2, 0.25) is 0 Å². The minimum Gasteiger partial charge on any atom is -0.329 e. The fourth-order valence-corrected chi connectivity index (χ4v) is 4.01. The second-order valence-electron chi connectivity index (χ2n) is 6.70. The van der Waals surface area contributed by atoms with Crippen molar-refractivity contribution in [3.63, 3.8) is 0 Å². The van der Waals surface area contributed by atoms with E-state index in [4.69, 9.17) is 5.73 Å². The van der Waals surface area contributed by atoms with Gasteiger partial charge in [0.05, 0.1) is 0 Å². The van der Waals surface area contributed by atoms with Crippen LogP contribution < -0.4 is 5.73 Å². The van der Waals surface area contributed by atoms with Crippen molar-refractivity contribution in [2.75, 3.05) is 32.7 Å². The molecule has 2 heterocycles. The number of rotatable bonds is 4. The Labute approximate surface area is 129 Å². The van der Waals surface area contributed by atoms with Crippen LogP contribution in [-0.2, 0) is 0 Å². The lowest BCUT2D eigenvalue weighted by atomic mass is 10.0. The molecule has 0 spiro atoms. The van der Waals surface area contributed by atoms with Gasteiger partial charge in [-0.15, -0.1) is 0 Å². The predicted octanol–water partition coefficient (Wildman–Crippen LogP) is 2.56. The number of likely N-dealkylation sites (tertiary alicyclic amines) is 2. The molecular formula is C18H29N3. The van der Waals surface area contributed by atoms with Gasteiger partial charge in [-0.05, 0) is 44.8 Å². The van der Waals surface area contributed by atoms with Gasteiger partial charge in [-0.2, -0.15) is 0 Å².